The molecule has 3 rings (SSSR count). The van der Waals surface area contributed by atoms with Crippen LogP contribution in [0, 0.1) is 6.92 Å². The molecule has 0 aliphatic carbocycles. The van der Waals surface area contributed by atoms with Gasteiger partial charge in [-0.15, -0.1) is 5.10 Å². The summed E-state index contributed by atoms with van der Waals surface area (Å²) in [5.74, 6) is 0. The van der Waals surface area contributed by atoms with E-state index in [1.807, 2.05) is 10.9 Å². The normalized spacial score (nSPS) is 11.3. The Morgan fingerprint density at radius 1 is 1.15 bits per heavy atom. The summed E-state index contributed by atoms with van der Waals surface area (Å²) in [6.07, 6.45) is 6.21. The average molecular weight is 268 g/mol. The summed E-state index contributed by atoms with van der Waals surface area (Å²) in [6.45, 7) is 6.15. The first kappa shape index (κ1) is 12.9. The highest BCUT2D eigenvalue weighted by Gasteiger charge is 2.02. The van der Waals surface area contributed by atoms with Crippen molar-refractivity contribution in [3.05, 3.63) is 47.9 Å². The van der Waals surface area contributed by atoms with Gasteiger partial charge in [-0.05, 0) is 43.4 Å². The zero-order chi connectivity index (χ0) is 13.9. The molecule has 4 nitrogen and oxygen atoms in total. The molecule has 0 aliphatic rings. The quantitative estimate of drug-likeness (QED) is 0.712. The van der Waals surface area contributed by atoms with Gasteiger partial charge in [-0.1, -0.05) is 23.8 Å². The SMILES string of the molecule is CCc1cn(CCCn2ccc3cc(C)ccc32)nn1. The standard InChI is InChI=1S/C16H20N4/c1-3-15-12-20(18-17-15)9-4-8-19-10-7-14-11-13(2)5-6-16(14)19/h5-7,10-12H,3-4,8-9H2,1-2H3. The van der Waals surface area contributed by atoms with Gasteiger partial charge in [-0.2, -0.15) is 0 Å². The van der Waals surface area contributed by atoms with E-state index in [-0.39, 0.29) is 0 Å². The molecule has 4 heteroatoms. The van der Waals surface area contributed by atoms with Crippen LogP contribution in [0.25, 0.3) is 10.9 Å². The molecule has 0 spiro atoms. The fourth-order valence-corrected chi connectivity index (χ4v) is 2.53. The Morgan fingerprint density at radius 2 is 2.05 bits per heavy atom. The van der Waals surface area contributed by atoms with E-state index < -0.39 is 0 Å². The zero-order valence-corrected chi connectivity index (χ0v) is 12.1. The lowest BCUT2D eigenvalue weighted by molar-refractivity contribution is 0.520. The Labute approximate surface area is 119 Å². The van der Waals surface area contributed by atoms with Gasteiger partial charge in [0.2, 0.25) is 0 Å². The van der Waals surface area contributed by atoms with E-state index in [1.165, 1.54) is 16.5 Å². The summed E-state index contributed by atoms with van der Waals surface area (Å²) in [5, 5.41) is 9.57. The molecular formula is C16H20N4. The summed E-state index contributed by atoms with van der Waals surface area (Å²) in [5.41, 5.74) is 3.68. The summed E-state index contributed by atoms with van der Waals surface area (Å²) in [6, 6.07) is 8.79. The van der Waals surface area contributed by atoms with E-state index in [1.54, 1.807) is 0 Å². The van der Waals surface area contributed by atoms with Gasteiger partial charge >= 0.3 is 0 Å². The summed E-state index contributed by atoms with van der Waals surface area (Å²) < 4.78 is 4.25. The molecular weight excluding hydrogens is 248 g/mol. The highest BCUT2D eigenvalue weighted by molar-refractivity contribution is 5.80. The highest BCUT2D eigenvalue weighted by atomic mass is 15.4. The third-order valence-corrected chi connectivity index (χ3v) is 3.66. The Bertz CT molecular complexity index is 708. The molecule has 0 saturated carbocycles. The molecule has 3 aromatic rings. The molecule has 0 aliphatic heterocycles. The largest absolute Gasteiger partial charge is 0.347 e. The third-order valence-electron chi connectivity index (χ3n) is 3.66. The maximum Gasteiger partial charge on any atom is 0.0824 e. The molecule has 1 aromatic carbocycles. The van der Waals surface area contributed by atoms with Crippen LogP contribution < -0.4 is 0 Å². The van der Waals surface area contributed by atoms with E-state index in [0.29, 0.717) is 0 Å². The molecule has 0 N–H and O–H groups in total. The second kappa shape index (κ2) is 5.49. The summed E-state index contributed by atoms with van der Waals surface area (Å²) in [7, 11) is 0. The molecule has 0 saturated heterocycles. The van der Waals surface area contributed by atoms with Crippen LogP contribution in [0.15, 0.2) is 36.7 Å². The van der Waals surface area contributed by atoms with Crippen LogP contribution in [-0.4, -0.2) is 19.6 Å². The lowest BCUT2D eigenvalue weighted by Gasteiger charge is -2.05. The Hall–Kier alpha value is -2.10. The van der Waals surface area contributed by atoms with Crippen LogP contribution in [0.1, 0.15) is 24.6 Å². The van der Waals surface area contributed by atoms with Crippen molar-refractivity contribution >= 4 is 10.9 Å². The van der Waals surface area contributed by atoms with Crippen LogP contribution in [0.5, 0.6) is 0 Å². The first-order valence-corrected chi connectivity index (χ1v) is 7.21. The van der Waals surface area contributed by atoms with Gasteiger partial charge in [0, 0.05) is 31.0 Å². The van der Waals surface area contributed by atoms with Crippen LogP contribution in [0.3, 0.4) is 0 Å². The van der Waals surface area contributed by atoms with Crippen LogP contribution in [0.4, 0.5) is 0 Å². The summed E-state index contributed by atoms with van der Waals surface area (Å²) >= 11 is 0. The second-order valence-electron chi connectivity index (χ2n) is 5.25. The van der Waals surface area contributed by atoms with Crippen molar-refractivity contribution in [1.82, 2.24) is 19.6 Å². The number of aryl methyl sites for hydroxylation is 4. The number of hydrogen-bond acceptors (Lipinski definition) is 2. The van der Waals surface area contributed by atoms with E-state index in [4.69, 9.17) is 0 Å². The van der Waals surface area contributed by atoms with Gasteiger partial charge in [0.1, 0.15) is 0 Å². The fourth-order valence-electron chi connectivity index (χ4n) is 2.53. The predicted molar refractivity (Wildman–Crippen MR) is 80.7 cm³/mol. The monoisotopic (exact) mass is 268 g/mol. The van der Waals surface area contributed by atoms with Crippen molar-refractivity contribution in [2.45, 2.75) is 39.8 Å². The molecule has 0 unspecified atom stereocenters. The van der Waals surface area contributed by atoms with E-state index in [9.17, 15) is 0 Å². The van der Waals surface area contributed by atoms with Crippen molar-refractivity contribution in [3.63, 3.8) is 0 Å². The van der Waals surface area contributed by atoms with Crippen molar-refractivity contribution in [2.24, 2.45) is 0 Å². The average Bonchev–Trinajstić information content (AvgIpc) is 3.06. The molecule has 104 valence electrons. The van der Waals surface area contributed by atoms with E-state index in [2.05, 4.69) is 59.2 Å². The van der Waals surface area contributed by atoms with Crippen molar-refractivity contribution in [2.75, 3.05) is 0 Å². The minimum atomic E-state index is 0.915. The van der Waals surface area contributed by atoms with Crippen molar-refractivity contribution < 1.29 is 0 Å². The van der Waals surface area contributed by atoms with E-state index in [0.717, 1.165) is 31.6 Å². The maximum absolute atomic E-state index is 4.14. The predicted octanol–water partition coefficient (Wildman–Crippen LogP) is 3.19. The molecule has 0 radical (unpaired) electrons. The van der Waals surface area contributed by atoms with Gasteiger partial charge in [0.25, 0.3) is 0 Å². The highest BCUT2D eigenvalue weighted by Crippen LogP contribution is 2.17. The molecule has 0 amide bonds. The number of nitrogens with zero attached hydrogens (tertiary/aromatic N) is 4. The first-order chi connectivity index (χ1) is 9.76. The van der Waals surface area contributed by atoms with Gasteiger partial charge in [0.05, 0.1) is 5.69 Å². The minimum absolute atomic E-state index is 0.915. The number of hydrogen-bond donors (Lipinski definition) is 0. The van der Waals surface area contributed by atoms with Gasteiger partial charge in [0.15, 0.2) is 0 Å². The number of benzene rings is 1. The third kappa shape index (κ3) is 2.59. The first-order valence-electron chi connectivity index (χ1n) is 7.21. The fraction of sp³-hybridized carbons (Fsp3) is 0.375. The van der Waals surface area contributed by atoms with Crippen LogP contribution >= 0.6 is 0 Å². The van der Waals surface area contributed by atoms with Crippen molar-refractivity contribution in [3.8, 4) is 0 Å². The molecule has 2 aromatic heterocycles. The minimum Gasteiger partial charge on any atom is -0.347 e. The van der Waals surface area contributed by atoms with Crippen LogP contribution in [0.2, 0.25) is 0 Å². The molecule has 0 fully saturated rings. The summed E-state index contributed by atoms with van der Waals surface area (Å²) in [4.78, 5) is 0. The topological polar surface area (TPSA) is 35.6 Å². The van der Waals surface area contributed by atoms with Gasteiger partial charge < -0.3 is 4.57 Å². The lowest BCUT2D eigenvalue weighted by atomic mass is 10.2. The number of rotatable bonds is 5. The Balaban J connectivity index is 1.65. The molecule has 0 atom stereocenters. The van der Waals surface area contributed by atoms with Gasteiger partial charge in [-0.3, -0.25) is 4.68 Å². The smallest absolute Gasteiger partial charge is 0.0824 e. The van der Waals surface area contributed by atoms with Gasteiger partial charge in [-0.25, -0.2) is 0 Å². The lowest BCUT2D eigenvalue weighted by Crippen LogP contribution is -2.04. The zero-order valence-electron chi connectivity index (χ0n) is 12.1. The number of fused-ring (bicyclic) bond motifs is 1. The Kier molecular flexibility index (Phi) is 3.54. The Morgan fingerprint density at radius 3 is 2.85 bits per heavy atom. The maximum atomic E-state index is 4.14. The van der Waals surface area contributed by atoms with Crippen LogP contribution in [-0.2, 0) is 19.5 Å². The molecule has 2 heterocycles. The van der Waals surface area contributed by atoms with Crippen molar-refractivity contribution in [1.29, 1.82) is 0 Å². The molecule has 0 bridgehead atoms. The molecule has 20 heavy (non-hydrogen) atoms. The van der Waals surface area contributed by atoms with E-state index >= 15 is 0 Å². The number of aromatic nitrogens is 4. The second-order valence-corrected chi connectivity index (χ2v) is 5.25.